The summed E-state index contributed by atoms with van der Waals surface area (Å²) in [4.78, 5) is 0. The van der Waals surface area contributed by atoms with Crippen molar-refractivity contribution in [1.82, 2.24) is 4.57 Å². The van der Waals surface area contributed by atoms with E-state index in [9.17, 15) is 0 Å². The first-order chi connectivity index (χ1) is 12.8. The zero-order chi connectivity index (χ0) is 17.5. The molecule has 0 amide bonds. The lowest BCUT2D eigenvalue weighted by molar-refractivity contribution is 1.04. The molecular weight excluding hydrogens is 382 g/mol. The predicted octanol–water partition coefficient (Wildman–Crippen LogP) is 7.28. The smallest absolute Gasteiger partial charge is 0.0541 e. The van der Waals surface area contributed by atoms with E-state index in [1.165, 1.54) is 38.6 Å². The number of rotatable bonds is 2. The van der Waals surface area contributed by atoms with Crippen LogP contribution in [0.25, 0.3) is 33.1 Å². The number of allylic oxidation sites excluding steroid dienone is 4. The lowest BCUT2D eigenvalue weighted by Crippen LogP contribution is -1.95. The van der Waals surface area contributed by atoms with Crippen molar-refractivity contribution in [3.8, 4) is 5.69 Å². The Morgan fingerprint density at radius 3 is 2.54 bits per heavy atom. The Hall–Kier alpha value is -2.58. The van der Waals surface area contributed by atoms with Gasteiger partial charge in [-0.3, -0.25) is 0 Å². The zero-order valence-electron chi connectivity index (χ0n) is 14.3. The van der Waals surface area contributed by atoms with Gasteiger partial charge in [-0.05, 0) is 60.4 Å². The molecule has 0 N–H and O–H groups in total. The zero-order valence-corrected chi connectivity index (χ0v) is 15.9. The van der Waals surface area contributed by atoms with Crippen molar-refractivity contribution in [3.05, 3.63) is 95.0 Å². The summed E-state index contributed by atoms with van der Waals surface area (Å²) in [7, 11) is 0. The van der Waals surface area contributed by atoms with Crippen LogP contribution in [0.15, 0.2) is 89.4 Å². The first kappa shape index (κ1) is 15.7. The van der Waals surface area contributed by atoms with E-state index >= 15 is 0 Å². The molecular formula is C24H18BrN. The van der Waals surface area contributed by atoms with Crippen LogP contribution in [0.2, 0.25) is 0 Å². The van der Waals surface area contributed by atoms with Gasteiger partial charge >= 0.3 is 0 Å². The molecule has 1 aliphatic rings. The number of fused-ring (bicyclic) bond motifs is 3. The minimum absolute atomic E-state index is 1.11. The van der Waals surface area contributed by atoms with Crippen LogP contribution in [0.3, 0.4) is 0 Å². The van der Waals surface area contributed by atoms with Crippen molar-refractivity contribution in [1.29, 1.82) is 0 Å². The molecule has 0 saturated carbocycles. The van der Waals surface area contributed by atoms with Gasteiger partial charge in [-0.25, -0.2) is 0 Å². The first-order valence-corrected chi connectivity index (χ1v) is 9.77. The van der Waals surface area contributed by atoms with Gasteiger partial charge in [0.1, 0.15) is 0 Å². The molecule has 0 spiro atoms. The number of hydrogen-bond donors (Lipinski definition) is 0. The van der Waals surface area contributed by atoms with Crippen LogP contribution in [0, 0.1) is 0 Å². The predicted molar refractivity (Wildman–Crippen MR) is 115 cm³/mol. The van der Waals surface area contributed by atoms with E-state index in [1.54, 1.807) is 0 Å². The third kappa shape index (κ3) is 2.53. The molecule has 126 valence electrons. The van der Waals surface area contributed by atoms with Crippen molar-refractivity contribution in [2.45, 2.75) is 12.8 Å². The van der Waals surface area contributed by atoms with Crippen LogP contribution in [0.1, 0.15) is 18.4 Å². The first-order valence-electron chi connectivity index (χ1n) is 8.97. The van der Waals surface area contributed by atoms with Gasteiger partial charge in [-0.1, -0.05) is 64.5 Å². The minimum atomic E-state index is 1.11. The van der Waals surface area contributed by atoms with Crippen LogP contribution < -0.4 is 0 Å². The molecule has 1 nitrogen and oxygen atoms in total. The van der Waals surface area contributed by atoms with Gasteiger partial charge in [0, 0.05) is 20.9 Å². The highest BCUT2D eigenvalue weighted by Gasteiger charge is 2.13. The average Bonchev–Trinajstić information content (AvgIpc) is 3.02. The van der Waals surface area contributed by atoms with Crippen molar-refractivity contribution >= 4 is 43.3 Å². The van der Waals surface area contributed by atoms with Crippen molar-refractivity contribution in [3.63, 3.8) is 0 Å². The molecule has 1 aromatic heterocycles. The van der Waals surface area contributed by atoms with Gasteiger partial charge < -0.3 is 4.57 Å². The Labute approximate surface area is 161 Å². The van der Waals surface area contributed by atoms with Crippen molar-refractivity contribution < 1.29 is 0 Å². The highest BCUT2D eigenvalue weighted by molar-refractivity contribution is 9.10. The molecule has 4 aromatic rings. The molecule has 26 heavy (non-hydrogen) atoms. The van der Waals surface area contributed by atoms with Crippen LogP contribution in [-0.2, 0) is 0 Å². The van der Waals surface area contributed by atoms with Gasteiger partial charge in [0.05, 0.1) is 11.0 Å². The summed E-state index contributed by atoms with van der Waals surface area (Å²) in [5, 5.41) is 2.56. The number of halogens is 1. The molecule has 3 aromatic carbocycles. The molecule has 0 saturated heterocycles. The molecule has 0 fully saturated rings. The molecule has 0 aliphatic heterocycles. The van der Waals surface area contributed by atoms with Gasteiger partial charge in [-0.15, -0.1) is 0 Å². The summed E-state index contributed by atoms with van der Waals surface area (Å²) < 4.78 is 3.48. The Morgan fingerprint density at radius 2 is 1.65 bits per heavy atom. The maximum absolute atomic E-state index is 3.62. The van der Waals surface area contributed by atoms with E-state index in [2.05, 4.69) is 105 Å². The third-order valence-electron chi connectivity index (χ3n) is 5.07. The molecule has 0 radical (unpaired) electrons. The molecule has 1 aliphatic carbocycles. The van der Waals surface area contributed by atoms with Crippen LogP contribution in [0.5, 0.6) is 0 Å². The summed E-state index contributed by atoms with van der Waals surface area (Å²) in [6.45, 7) is 0. The Kier molecular flexibility index (Phi) is 3.79. The normalized spacial score (nSPS) is 14.1. The highest BCUT2D eigenvalue weighted by atomic mass is 79.9. The van der Waals surface area contributed by atoms with Gasteiger partial charge in [0.15, 0.2) is 0 Å². The largest absolute Gasteiger partial charge is 0.309 e. The fourth-order valence-corrected chi connectivity index (χ4v) is 4.24. The van der Waals surface area contributed by atoms with E-state index in [0.717, 1.165) is 17.3 Å². The number of nitrogens with zero attached hydrogens (tertiary/aromatic N) is 1. The summed E-state index contributed by atoms with van der Waals surface area (Å²) in [5.41, 5.74) is 6.28. The lowest BCUT2D eigenvalue weighted by Gasteiger charge is -2.12. The van der Waals surface area contributed by atoms with Crippen molar-refractivity contribution in [2.75, 3.05) is 0 Å². The molecule has 0 bridgehead atoms. The fraction of sp³-hybridized carbons (Fsp3) is 0.0833. The highest BCUT2D eigenvalue weighted by Crippen LogP contribution is 2.34. The second-order valence-corrected chi connectivity index (χ2v) is 7.62. The quantitative estimate of drug-likeness (QED) is 0.333. The summed E-state index contributed by atoms with van der Waals surface area (Å²) in [5.74, 6) is 0. The maximum Gasteiger partial charge on any atom is 0.0541 e. The molecule has 5 rings (SSSR count). The van der Waals surface area contributed by atoms with Crippen LogP contribution >= 0.6 is 15.9 Å². The standard InChI is InChI=1S/C24H18BrN/c25-19-13-14-24-22(16-19)21-11-4-5-12-23(21)26(24)20-10-6-9-18(15-20)17-7-2-1-3-8-17/h2,4-16H,1,3H2. The Morgan fingerprint density at radius 1 is 0.769 bits per heavy atom. The minimum Gasteiger partial charge on any atom is -0.309 e. The summed E-state index contributed by atoms with van der Waals surface area (Å²) in [6, 6.07) is 24.0. The average molecular weight is 400 g/mol. The molecule has 2 heteroatoms. The van der Waals surface area contributed by atoms with E-state index < -0.39 is 0 Å². The van der Waals surface area contributed by atoms with E-state index in [1.807, 2.05) is 0 Å². The molecule has 0 unspecified atom stereocenters. The fourth-order valence-electron chi connectivity index (χ4n) is 3.88. The second-order valence-electron chi connectivity index (χ2n) is 6.70. The topological polar surface area (TPSA) is 4.93 Å². The van der Waals surface area contributed by atoms with Gasteiger partial charge in [0.2, 0.25) is 0 Å². The third-order valence-corrected chi connectivity index (χ3v) is 5.56. The monoisotopic (exact) mass is 399 g/mol. The van der Waals surface area contributed by atoms with E-state index in [0.29, 0.717) is 0 Å². The van der Waals surface area contributed by atoms with Gasteiger partial charge in [0.25, 0.3) is 0 Å². The number of hydrogen-bond acceptors (Lipinski definition) is 0. The Bertz CT molecular complexity index is 1190. The number of aromatic nitrogens is 1. The lowest BCUT2D eigenvalue weighted by atomic mass is 9.99. The molecule has 0 atom stereocenters. The maximum atomic E-state index is 3.62. The van der Waals surface area contributed by atoms with Crippen LogP contribution in [-0.4, -0.2) is 4.57 Å². The summed E-state index contributed by atoms with van der Waals surface area (Å²) >= 11 is 3.62. The number of para-hydroxylation sites is 1. The Balaban J connectivity index is 1.79. The number of benzene rings is 3. The van der Waals surface area contributed by atoms with Crippen molar-refractivity contribution in [2.24, 2.45) is 0 Å². The molecule has 1 heterocycles. The SMILES string of the molecule is Brc1ccc2c(c1)c1ccccc1n2-c1cccc(C2=CCCC=C2)c1. The van der Waals surface area contributed by atoms with Gasteiger partial charge in [-0.2, -0.15) is 0 Å². The van der Waals surface area contributed by atoms with Crippen LogP contribution in [0.4, 0.5) is 0 Å². The van der Waals surface area contributed by atoms with E-state index in [-0.39, 0.29) is 0 Å². The summed E-state index contributed by atoms with van der Waals surface area (Å²) in [6.07, 6.45) is 9.11. The second kappa shape index (κ2) is 6.30. The van der Waals surface area contributed by atoms with E-state index in [4.69, 9.17) is 0 Å².